The summed E-state index contributed by atoms with van der Waals surface area (Å²) < 4.78 is 0. The van der Waals surface area contributed by atoms with E-state index in [4.69, 9.17) is 0 Å². The van der Waals surface area contributed by atoms with E-state index in [9.17, 15) is 4.79 Å². The van der Waals surface area contributed by atoms with Gasteiger partial charge in [-0.1, -0.05) is 0 Å². The molecule has 1 N–H and O–H groups in total. The molecule has 0 unspecified atom stereocenters. The van der Waals surface area contributed by atoms with Crippen molar-refractivity contribution >= 4 is 30.1 Å². The Kier molecular flexibility index (Phi) is 4.35. The lowest BCUT2D eigenvalue weighted by Gasteiger charge is -2.34. The van der Waals surface area contributed by atoms with E-state index in [2.05, 4.69) is 5.32 Å². The van der Waals surface area contributed by atoms with Gasteiger partial charge in [0.15, 0.2) is 0 Å². The summed E-state index contributed by atoms with van der Waals surface area (Å²) >= 11 is 1.94. The Hall–Kier alpha value is 0.0700. The van der Waals surface area contributed by atoms with Crippen molar-refractivity contribution in [2.24, 2.45) is 0 Å². The molecule has 76 valence electrons. The zero-order valence-electron chi connectivity index (χ0n) is 7.49. The van der Waals surface area contributed by atoms with Crippen molar-refractivity contribution in [1.29, 1.82) is 0 Å². The van der Waals surface area contributed by atoms with Crippen LogP contribution < -0.4 is 5.32 Å². The summed E-state index contributed by atoms with van der Waals surface area (Å²) in [5, 5.41) is 3.14. The summed E-state index contributed by atoms with van der Waals surface area (Å²) in [4.78, 5) is 13.6. The lowest BCUT2D eigenvalue weighted by Crippen LogP contribution is -2.55. The van der Waals surface area contributed by atoms with Crippen LogP contribution in [0.15, 0.2) is 0 Å². The minimum absolute atomic E-state index is 0. The fourth-order valence-corrected chi connectivity index (χ4v) is 2.41. The molecule has 1 atom stereocenters. The summed E-state index contributed by atoms with van der Waals surface area (Å²) in [7, 11) is 0. The van der Waals surface area contributed by atoms with Crippen LogP contribution in [0.2, 0.25) is 0 Å². The molecule has 0 saturated carbocycles. The second-order valence-corrected chi connectivity index (χ2v) is 4.46. The number of amides is 1. The van der Waals surface area contributed by atoms with E-state index in [1.807, 2.05) is 16.7 Å². The second-order valence-electron chi connectivity index (χ2n) is 3.23. The molecule has 2 heterocycles. The van der Waals surface area contributed by atoms with Crippen LogP contribution in [0.25, 0.3) is 0 Å². The third kappa shape index (κ3) is 2.51. The molecule has 1 amide bonds. The average molecular weight is 223 g/mol. The van der Waals surface area contributed by atoms with Gasteiger partial charge in [0, 0.05) is 24.6 Å². The largest absolute Gasteiger partial charge is 0.340 e. The third-order valence-corrected chi connectivity index (χ3v) is 3.39. The summed E-state index contributed by atoms with van der Waals surface area (Å²) in [5.74, 6) is 2.54. The van der Waals surface area contributed by atoms with Crippen LogP contribution in [0.1, 0.15) is 6.42 Å². The van der Waals surface area contributed by atoms with Crippen LogP contribution in [0.4, 0.5) is 0 Å². The van der Waals surface area contributed by atoms with E-state index in [0.717, 1.165) is 37.6 Å². The van der Waals surface area contributed by atoms with Crippen LogP contribution in [0, 0.1) is 0 Å². The van der Waals surface area contributed by atoms with Crippen molar-refractivity contribution in [1.82, 2.24) is 10.2 Å². The predicted octanol–water partition coefficient (Wildman–Crippen LogP) is 0.345. The van der Waals surface area contributed by atoms with Gasteiger partial charge in [-0.2, -0.15) is 11.8 Å². The first-order valence-corrected chi connectivity index (χ1v) is 5.63. The Balaban J connectivity index is 0.000000845. The van der Waals surface area contributed by atoms with E-state index in [1.54, 1.807) is 0 Å². The first kappa shape index (κ1) is 11.1. The molecule has 0 aliphatic carbocycles. The number of nitrogens with one attached hydrogen (secondary N) is 1. The highest BCUT2D eigenvalue weighted by atomic mass is 35.5. The van der Waals surface area contributed by atoms with Crippen LogP contribution in [-0.2, 0) is 4.79 Å². The van der Waals surface area contributed by atoms with E-state index in [1.165, 1.54) is 0 Å². The lowest BCUT2D eigenvalue weighted by molar-refractivity contribution is -0.134. The molecule has 2 fully saturated rings. The summed E-state index contributed by atoms with van der Waals surface area (Å²) in [6.45, 7) is 2.91. The Labute approximate surface area is 89.0 Å². The van der Waals surface area contributed by atoms with Gasteiger partial charge in [-0.05, 0) is 13.0 Å². The molecule has 2 aliphatic heterocycles. The molecule has 3 nitrogen and oxygen atoms in total. The van der Waals surface area contributed by atoms with Crippen molar-refractivity contribution in [3.8, 4) is 0 Å². The summed E-state index contributed by atoms with van der Waals surface area (Å²) in [6, 6.07) is 0.146. The van der Waals surface area contributed by atoms with Gasteiger partial charge < -0.3 is 10.2 Å². The number of carbonyl (C=O) groups excluding carboxylic acids is 1. The highest BCUT2D eigenvalue weighted by Crippen LogP contribution is 2.13. The van der Waals surface area contributed by atoms with E-state index in [0.29, 0.717) is 5.91 Å². The number of halogens is 1. The normalized spacial score (nSPS) is 27.4. The monoisotopic (exact) mass is 222 g/mol. The summed E-state index contributed by atoms with van der Waals surface area (Å²) in [5.41, 5.74) is 0. The SMILES string of the molecule is Cl.O=C([C@H]1CCN1)N1CCSCC1. The fraction of sp³-hybridized carbons (Fsp3) is 0.875. The number of rotatable bonds is 1. The van der Waals surface area contributed by atoms with Gasteiger partial charge in [0.05, 0.1) is 6.04 Å². The number of hydrogen-bond acceptors (Lipinski definition) is 3. The quantitative estimate of drug-likeness (QED) is 0.695. The molecule has 2 rings (SSSR count). The molecule has 13 heavy (non-hydrogen) atoms. The van der Waals surface area contributed by atoms with Gasteiger partial charge in [0.2, 0.25) is 5.91 Å². The topological polar surface area (TPSA) is 32.3 Å². The average Bonchev–Trinajstić information content (AvgIpc) is 2.03. The van der Waals surface area contributed by atoms with Crippen LogP contribution in [0.5, 0.6) is 0 Å². The molecule has 0 aromatic heterocycles. The van der Waals surface area contributed by atoms with E-state index < -0.39 is 0 Å². The van der Waals surface area contributed by atoms with Crippen LogP contribution >= 0.6 is 24.2 Å². The maximum atomic E-state index is 11.6. The maximum Gasteiger partial charge on any atom is 0.239 e. The minimum Gasteiger partial charge on any atom is -0.340 e. The Bertz CT molecular complexity index is 181. The Morgan fingerprint density at radius 3 is 2.46 bits per heavy atom. The molecule has 0 spiro atoms. The first-order valence-electron chi connectivity index (χ1n) is 4.48. The second kappa shape index (κ2) is 5.08. The van der Waals surface area contributed by atoms with Crippen molar-refractivity contribution in [2.75, 3.05) is 31.1 Å². The molecule has 2 saturated heterocycles. The molecule has 0 bridgehead atoms. The fourth-order valence-electron chi connectivity index (χ4n) is 1.50. The smallest absolute Gasteiger partial charge is 0.239 e. The number of nitrogens with zero attached hydrogens (tertiary/aromatic N) is 1. The third-order valence-electron chi connectivity index (χ3n) is 2.44. The molecular formula is C8H15ClN2OS. The van der Waals surface area contributed by atoms with Gasteiger partial charge in [-0.3, -0.25) is 4.79 Å². The first-order chi connectivity index (χ1) is 5.88. The molecule has 5 heteroatoms. The lowest BCUT2D eigenvalue weighted by atomic mass is 10.1. The molecule has 2 aliphatic rings. The zero-order valence-corrected chi connectivity index (χ0v) is 9.12. The van der Waals surface area contributed by atoms with Crippen molar-refractivity contribution < 1.29 is 4.79 Å². The van der Waals surface area contributed by atoms with Crippen LogP contribution in [-0.4, -0.2) is 48.0 Å². The molecule has 0 aromatic rings. The minimum atomic E-state index is 0. The highest BCUT2D eigenvalue weighted by Gasteiger charge is 2.29. The number of hydrogen-bond donors (Lipinski definition) is 1. The predicted molar refractivity (Wildman–Crippen MR) is 57.6 cm³/mol. The molecule has 0 radical (unpaired) electrons. The molecular weight excluding hydrogens is 208 g/mol. The maximum absolute atomic E-state index is 11.6. The van der Waals surface area contributed by atoms with E-state index in [-0.39, 0.29) is 18.4 Å². The molecule has 0 aromatic carbocycles. The van der Waals surface area contributed by atoms with Crippen LogP contribution in [0.3, 0.4) is 0 Å². The van der Waals surface area contributed by atoms with Gasteiger partial charge in [0.1, 0.15) is 0 Å². The van der Waals surface area contributed by atoms with Crippen molar-refractivity contribution in [2.45, 2.75) is 12.5 Å². The van der Waals surface area contributed by atoms with Gasteiger partial charge >= 0.3 is 0 Å². The van der Waals surface area contributed by atoms with Gasteiger partial charge in [-0.25, -0.2) is 0 Å². The van der Waals surface area contributed by atoms with Gasteiger partial charge in [-0.15, -0.1) is 12.4 Å². The van der Waals surface area contributed by atoms with Gasteiger partial charge in [0.25, 0.3) is 0 Å². The zero-order chi connectivity index (χ0) is 8.39. The number of thioether (sulfide) groups is 1. The van der Waals surface area contributed by atoms with E-state index >= 15 is 0 Å². The summed E-state index contributed by atoms with van der Waals surface area (Å²) in [6.07, 6.45) is 1.03. The highest BCUT2D eigenvalue weighted by molar-refractivity contribution is 7.99. The van der Waals surface area contributed by atoms with Crippen molar-refractivity contribution in [3.63, 3.8) is 0 Å². The standard InChI is InChI=1S/C8H14N2OS.ClH/c11-8(7-1-2-9-7)10-3-5-12-6-4-10;/h7,9H,1-6H2;1H/t7-;/m1./s1. The number of carbonyl (C=O) groups is 1. The Morgan fingerprint density at radius 2 is 2.00 bits per heavy atom. The Morgan fingerprint density at radius 1 is 1.38 bits per heavy atom. The van der Waals surface area contributed by atoms with Crippen molar-refractivity contribution in [3.05, 3.63) is 0 Å².